The highest BCUT2D eigenvalue weighted by Crippen LogP contribution is 2.15. The van der Waals surface area contributed by atoms with Gasteiger partial charge in [0.2, 0.25) is 17.7 Å². The molecule has 0 aliphatic rings. The van der Waals surface area contributed by atoms with Gasteiger partial charge in [-0.25, -0.2) is 9.59 Å². The van der Waals surface area contributed by atoms with Gasteiger partial charge in [-0.05, 0) is 76.7 Å². The molecule has 0 saturated heterocycles. The number of alkyl carbamates (subject to hydrolysis) is 1. The van der Waals surface area contributed by atoms with Crippen molar-refractivity contribution in [3.05, 3.63) is 35.9 Å². The van der Waals surface area contributed by atoms with Crippen LogP contribution < -0.4 is 31.9 Å². The molecule has 0 spiro atoms. The normalized spacial score (nSPS) is 16.0. The Bertz CT molecular complexity index is 1650. The summed E-state index contributed by atoms with van der Waals surface area (Å²) in [6.45, 7) is 22.6. The third-order valence-corrected chi connectivity index (χ3v) is 10.0. The van der Waals surface area contributed by atoms with Crippen LogP contribution in [-0.4, -0.2) is 117 Å². The van der Waals surface area contributed by atoms with Crippen LogP contribution in [0.15, 0.2) is 30.3 Å². The first kappa shape index (κ1) is 57.2. The SMILES string of the molecule is CC(C)C[C@@H](CC(=O)N[C@@H](C(C)C)[C@H](O)C(=O)N[C@@H](C)CC(=O)N[C@@H](CC(C)C)[C@H](O)C(=O)OCc1ccccc1)NC(=O)[C@@H](O)[C@H](C)NC(=O)C[C@@H](NC(=O)OC(C)(C)C)C(C)C. The molecule has 0 aliphatic carbocycles. The highest BCUT2D eigenvalue weighted by atomic mass is 16.6. The summed E-state index contributed by atoms with van der Waals surface area (Å²) in [4.78, 5) is 90.9. The van der Waals surface area contributed by atoms with Crippen LogP contribution in [0.3, 0.4) is 0 Å². The fraction of sp³-hybridized carbons (Fsp3) is 0.717. The van der Waals surface area contributed by atoms with Crippen molar-refractivity contribution >= 4 is 41.6 Å². The van der Waals surface area contributed by atoms with Crippen molar-refractivity contribution in [1.82, 2.24) is 31.9 Å². The van der Waals surface area contributed by atoms with Crippen LogP contribution in [0.2, 0.25) is 0 Å². The smallest absolute Gasteiger partial charge is 0.407 e. The van der Waals surface area contributed by atoms with Gasteiger partial charge in [-0.3, -0.25) is 24.0 Å². The maximum Gasteiger partial charge on any atom is 0.407 e. The number of nitrogens with one attached hydrogen (secondary N) is 6. The number of benzene rings is 1. The highest BCUT2D eigenvalue weighted by Gasteiger charge is 2.34. The quantitative estimate of drug-likeness (QED) is 0.0608. The molecule has 64 heavy (non-hydrogen) atoms. The van der Waals surface area contributed by atoms with Crippen LogP contribution in [0.4, 0.5) is 4.79 Å². The summed E-state index contributed by atoms with van der Waals surface area (Å²) >= 11 is 0. The minimum absolute atomic E-state index is 0.00418. The molecule has 1 aromatic carbocycles. The number of rotatable bonds is 26. The molecule has 1 rings (SSSR count). The lowest BCUT2D eigenvalue weighted by Crippen LogP contribution is -2.56. The predicted molar refractivity (Wildman–Crippen MR) is 241 cm³/mol. The number of aliphatic hydroxyl groups excluding tert-OH is 3. The molecule has 9 N–H and O–H groups in total. The Hall–Kier alpha value is -4.81. The van der Waals surface area contributed by atoms with Gasteiger partial charge in [0.15, 0.2) is 18.3 Å². The van der Waals surface area contributed by atoms with Crippen molar-refractivity contribution < 1.29 is 58.4 Å². The molecule has 0 fully saturated rings. The zero-order chi connectivity index (χ0) is 49.1. The molecular weight excluding hydrogens is 829 g/mol. The number of ether oxygens (including phenoxy) is 2. The third kappa shape index (κ3) is 22.7. The first-order valence-electron chi connectivity index (χ1n) is 22.3. The van der Waals surface area contributed by atoms with Gasteiger partial charge in [0.05, 0.1) is 18.1 Å². The van der Waals surface area contributed by atoms with Gasteiger partial charge in [0, 0.05) is 37.4 Å². The molecule has 6 amide bonds. The zero-order valence-electron chi connectivity index (χ0n) is 40.2. The molecule has 0 aliphatic heterocycles. The number of hydrogen-bond acceptors (Lipinski definition) is 12. The monoisotopic (exact) mass is 907 g/mol. The number of aliphatic hydroxyl groups is 3. The van der Waals surface area contributed by atoms with Gasteiger partial charge in [-0.15, -0.1) is 0 Å². The molecule has 0 unspecified atom stereocenters. The Kier molecular flexibility index (Phi) is 24.6. The Morgan fingerprint density at radius 2 is 1.12 bits per heavy atom. The van der Waals surface area contributed by atoms with E-state index < -0.39 is 108 Å². The lowest BCUT2D eigenvalue weighted by molar-refractivity contribution is -0.157. The molecule has 0 saturated carbocycles. The molecule has 0 heterocycles. The van der Waals surface area contributed by atoms with Gasteiger partial charge in [-0.1, -0.05) is 85.7 Å². The first-order chi connectivity index (χ1) is 29.6. The van der Waals surface area contributed by atoms with E-state index in [-0.39, 0.29) is 50.0 Å². The Labute approximate surface area is 379 Å². The Balaban J connectivity index is 2.86. The van der Waals surface area contributed by atoms with E-state index in [1.807, 2.05) is 47.6 Å². The molecule has 0 aromatic heterocycles. The van der Waals surface area contributed by atoms with E-state index in [2.05, 4.69) is 31.9 Å². The van der Waals surface area contributed by atoms with Crippen LogP contribution >= 0.6 is 0 Å². The standard InChI is InChI=1S/C46H78N6O12/c1-25(2)19-32(49-42(59)39(56)30(10)48-37(55)23-33(27(5)6)51-45(62)64-46(11,12)13)22-36(54)52-38(28(7)8)41(58)43(60)47-29(9)21-35(53)50-34(20-26(3)4)40(57)44(61)63-24-31-17-15-14-16-18-31/h14-18,25-30,32-34,38-41,56-58H,19-24H2,1-13H3,(H,47,60)(H,48,55)(H,49,59)(H,50,53)(H,51,62)(H,52,54)/t29-,30-,32-,33+,34-,38-,39-,40-,41-/m0/s1. The van der Waals surface area contributed by atoms with E-state index in [1.54, 1.807) is 65.8 Å². The van der Waals surface area contributed by atoms with Crippen LogP contribution in [-0.2, 0) is 44.8 Å². The summed E-state index contributed by atoms with van der Waals surface area (Å²) in [6, 6.07) is 3.70. The summed E-state index contributed by atoms with van der Waals surface area (Å²) in [7, 11) is 0. The van der Waals surface area contributed by atoms with E-state index in [9.17, 15) is 48.9 Å². The topological polar surface area (TPSA) is 271 Å². The summed E-state index contributed by atoms with van der Waals surface area (Å²) in [6.07, 6.45) is -5.81. The summed E-state index contributed by atoms with van der Waals surface area (Å²) < 4.78 is 10.6. The zero-order valence-corrected chi connectivity index (χ0v) is 40.2. The van der Waals surface area contributed by atoms with Gasteiger partial charge in [-0.2, -0.15) is 0 Å². The number of carbonyl (C=O) groups is 7. The highest BCUT2D eigenvalue weighted by molar-refractivity contribution is 5.86. The molecule has 364 valence electrons. The number of hydrogen-bond donors (Lipinski definition) is 9. The fourth-order valence-electron chi connectivity index (χ4n) is 6.70. The third-order valence-electron chi connectivity index (χ3n) is 10.0. The van der Waals surface area contributed by atoms with Crippen molar-refractivity contribution in [3.63, 3.8) is 0 Å². The summed E-state index contributed by atoms with van der Waals surface area (Å²) in [5, 5.41) is 48.7. The average molecular weight is 907 g/mol. The largest absolute Gasteiger partial charge is 0.459 e. The maximum absolute atomic E-state index is 13.4. The molecule has 0 bridgehead atoms. The van der Waals surface area contributed by atoms with Crippen LogP contribution in [0.1, 0.15) is 128 Å². The second-order valence-electron chi connectivity index (χ2n) is 19.3. The summed E-state index contributed by atoms with van der Waals surface area (Å²) in [5.74, 6) is -4.83. The molecule has 18 nitrogen and oxygen atoms in total. The fourth-order valence-corrected chi connectivity index (χ4v) is 6.70. The second-order valence-corrected chi connectivity index (χ2v) is 19.3. The van der Waals surface area contributed by atoms with Crippen molar-refractivity contribution in [2.75, 3.05) is 0 Å². The van der Waals surface area contributed by atoms with Crippen molar-refractivity contribution in [2.24, 2.45) is 23.7 Å². The van der Waals surface area contributed by atoms with Crippen molar-refractivity contribution in [3.8, 4) is 0 Å². The van der Waals surface area contributed by atoms with Crippen LogP contribution in [0.5, 0.6) is 0 Å². The predicted octanol–water partition coefficient (Wildman–Crippen LogP) is 2.74. The van der Waals surface area contributed by atoms with E-state index in [0.29, 0.717) is 6.42 Å². The van der Waals surface area contributed by atoms with Gasteiger partial charge in [0.1, 0.15) is 12.2 Å². The molecule has 0 radical (unpaired) electrons. The van der Waals surface area contributed by atoms with Crippen LogP contribution in [0, 0.1) is 23.7 Å². The second kappa shape index (κ2) is 27.5. The van der Waals surface area contributed by atoms with E-state index in [0.717, 1.165) is 5.56 Å². The van der Waals surface area contributed by atoms with Crippen molar-refractivity contribution in [1.29, 1.82) is 0 Å². The van der Waals surface area contributed by atoms with E-state index in [4.69, 9.17) is 9.47 Å². The van der Waals surface area contributed by atoms with Crippen molar-refractivity contribution in [2.45, 2.75) is 189 Å². The Morgan fingerprint density at radius 1 is 0.578 bits per heavy atom. The van der Waals surface area contributed by atoms with Gasteiger partial charge >= 0.3 is 12.1 Å². The Morgan fingerprint density at radius 3 is 1.66 bits per heavy atom. The average Bonchev–Trinajstić information content (AvgIpc) is 3.16. The van der Waals surface area contributed by atoms with Crippen LogP contribution in [0.25, 0.3) is 0 Å². The summed E-state index contributed by atoms with van der Waals surface area (Å²) in [5.41, 5.74) is -0.00460. The molecule has 9 atom stereocenters. The maximum atomic E-state index is 13.4. The van der Waals surface area contributed by atoms with E-state index >= 15 is 0 Å². The minimum atomic E-state index is -1.73. The lowest BCUT2D eigenvalue weighted by Gasteiger charge is -2.29. The van der Waals surface area contributed by atoms with Gasteiger partial charge in [0.25, 0.3) is 11.8 Å². The number of carbonyl (C=O) groups excluding carboxylic acids is 7. The van der Waals surface area contributed by atoms with E-state index in [1.165, 1.54) is 6.92 Å². The minimum Gasteiger partial charge on any atom is -0.459 e. The molecular formula is C46H78N6O12. The van der Waals surface area contributed by atoms with Gasteiger partial charge < -0.3 is 56.7 Å². The molecule has 1 aromatic rings. The number of amides is 6. The lowest BCUT2D eigenvalue weighted by atomic mass is 9.96. The number of esters is 1. The molecule has 18 heteroatoms. The first-order valence-corrected chi connectivity index (χ1v) is 22.3.